The SMILES string of the molecule is CC(C)C(O)N=O. The van der Waals surface area contributed by atoms with Gasteiger partial charge in [-0.15, -0.1) is 4.91 Å². The van der Waals surface area contributed by atoms with Crippen molar-refractivity contribution in [1.29, 1.82) is 0 Å². The van der Waals surface area contributed by atoms with E-state index in [-0.39, 0.29) is 5.92 Å². The molecule has 0 heterocycles. The molecular weight excluding hydrogens is 94.0 g/mol. The summed E-state index contributed by atoms with van der Waals surface area (Å²) in [6, 6.07) is 0. The van der Waals surface area contributed by atoms with Gasteiger partial charge >= 0.3 is 0 Å². The Balaban J connectivity index is 3.33. The second kappa shape index (κ2) is 2.69. The molecule has 0 spiro atoms. The average Bonchev–Trinajstić information content (AvgIpc) is 1.65. The standard InChI is InChI=1S/C4H9NO2/c1-3(2)4(6)5-7/h3-4,6H,1-2H3. The van der Waals surface area contributed by atoms with E-state index in [4.69, 9.17) is 5.11 Å². The van der Waals surface area contributed by atoms with Crippen molar-refractivity contribution < 1.29 is 5.11 Å². The molecule has 0 aromatic heterocycles. The molecule has 1 unspecified atom stereocenters. The van der Waals surface area contributed by atoms with Gasteiger partial charge in [-0.1, -0.05) is 13.8 Å². The summed E-state index contributed by atoms with van der Waals surface area (Å²) in [7, 11) is 0. The summed E-state index contributed by atoms with van der Waals surface area (Å²) in [5.41, 5.74) is 0. The van der Waals surface area contributed by atoms with Gasteiger partial charge in [-0.25, -0.2) is 0 Å². The van der Waals surface area contributed by atoms with Crippen molar-refractivity contribution in [3.8, 4) is 0 Å². The molecule has 0 aliphatic heterocycles. The van der Waals surface area contributed by atoms with Gasteiger partial charge in [0.2, 0.25) is 0 Å². The molecule has 0 aromatic carbocycles. The normalized spacial score (nSPS) is 14.3. The molecule has 0 fully saturated rings. The van der Waals surface area contributed by atoms with Crippen molar-refractivity contribution in [3.63, 3.8) is 0 Å². The fourth-order valence-electron chi connectivity index (χ4n) is 0.122. The van der Waals surface area contributed by atoms with Gasteiger partial charge in [0.05, 0.1) is 0 Å². The molecular formula is C4H9NO2. The highest BCUT2D eigenvalue weighted by molar-refractivity contribution is 4.52. The molecule has 0 saturated carbocycles. The van der Waals surface area contributed by atoms with Crippen LogP contribution in [0.25, 0.3) is 0 Å². The second-order valence-corrected chi connectivity index (χ2v) is 1.76. The molecule has 1 N–H and O–H groups in total. The van der Waals surface area contributed by atoms with Crippen molar-refractivity contribution in [2.24, 2.45) is 11.1 Å². The van der Waals surface area contributed by atoms with Crippen LogP contribution in [0.5, 0.6) is 0 Å². The van der Waals surface area contributed by atoms with E-state index < -0.39 is 6.23 Å². The van der Waals surface area contributed by atoms with E-state index in [1.165, 1.54) is 0 Å². The lowest BCUT2D eigenvalue weighted by Gasteiger charge is -2.01. The maximum Gasteiger partial charge on any atom is 0.189 e. The molecule has 0 amide bonds. The number of hydrogen-bond donors (Lipinski definition) is 1. The molecule has 0 aromatic rings. The van der Waals surface area contributed by atoms with E-state index in [2.05, 4.69) is 5.18 Å². The van der Waals surface area contributed by atoms with Crippen LogP contribution in [0, 0.1) is 10.8 Å². The van der Waals surface area contributed by atoms with Crippen LogP contribution in [0.4, 0.5) is 0 Å². The maximum atomic E-state index is 9.45. The van der Waals surface area contributed by atoms with Gasteiger partial charge in [-0.2, -0.15) is 0 Å². The summed E-state index contributed by atoms with van der Waals surface area (Å²) < 4.78 is 0. The molecule has 42 valence electrons. The third-order valence-electron chi connectivity index (χ3n) is 0.704. The quantitative estimate of drug-likeness (QED) is 0.523. The fourth-order valence-corrected chi connectivity index (χ4v) is 0.122. The van der Waals surface area contributed by atoms with Crippen molar-refractivity contribution in [3.05, 3.63) is 4.91 Å². The zero-order chi connectivity index (χ0) is 5.86. The predicted octanol–water partition coefficient (Wildman–Crippen LogP) is 0.727. The third kappa shape index (κ3) is 2.28. The van der Waals surface area contributed by atoms with Crippen molar-refractivity contribution >= 4 is 0 Å². The number of aliphatic hydroxyl groups is 1. The van der Waals surface area contributed by atoms with Gasteiger partial charge in [-0.05, 0) is 5.18 Å². The lowest BCUT2D eigenvalue weighted by atomic mass is 10.2. The van der Waals surface area contributed by atoms with Gasteiger partial charge in [0.25, 0.3) is 0 Å². The highest BCUT2D eigenvalue weighted by Crippen LogP contribution is 1.99. The summed E-state index contributed by atoms with van der Waals surface area (Å²) in [6.07, 6.45) is -1.03. The summed E-state index contributed by atoms with van der Waals surface area (Å²) in [6.45, 7) is 3.46. The van der Waals surface area contributed by atoms with E-state index in [0.29, 0.717) is 0 Å². The molecule has 7 heavy (non-hydrogen) atoms. The van der Waals surface area contributed by atoms with Crippen LogP contribution in [0.2, 0.25) is 0 Å². The highest BCUT2D eigenvalue weighted by Gasteiger charge is 2.05. The average molecular weight is 103 g/mol. The maximum absolute atomic E-state index is 9.45. The predicted molar refractivity (Wildman–Crippen MR) is 26.6 cm³/mol. The zero-order valence-electron chi connectivity index (χ0n) is 4.46. The molecule has 0 bridgehead atoms. The number of rotatable bonds is 2. The van der Waals surface area contributed by atoms with Crippen LogP contribution in [0.15, 0.2) is 5.18 Å². The first-order chi connectivity index (χ1) is 3.18. The first-order valence-corrected chi connectivity index (χ1v) is 2.19. The molecule has 0 radical (unpaired) electrons. The van der Waals surface area contributed by atoms with E-state index in [1.54, 1.807) is 13.8 Å². The second-order valence-electron chi connectivity index (χ2n) is 1.76. The van der Waals surface area contributed by atoms with E-state index in [1.807, 2.05) is 0 Å². The number of nitrogens with zero attached hydrogens (tertiary/aromatic N) is 1. The molecule has 3 heteroatoms. The van der Waals surface area contributed by atoms with Gasteiger partial charge < -0.3 is 5.11 Å². The Morgan fingerprint density at radius 3 is 2.00 bits per heavy atom. The number of hydrogen-bond acceptors (Lipinski definition) is 3. The van der Waals surface area contributed by atoms with Crippen molar-refractivity contribution in [1.82, 2.24) is 0 Å². The van der Waals surface area contributed by atoms with Crippen LogP contribution >= 0.6 is 0 Å². The lowest BCUT2D eigenvalue weighted by Crippen LogP contribution is -2.09. The van der Waals surface area contributed by atoms with Gasteiger partial charge in [0, 0.05) is 5.92 Å². The molecule has 0 saturated heterocycles. The summed E-state index contributed by atoms with van der Waals surface area (Å²) >= 11 is 0. The van der Waals surface area contributed by atoms with E-state index in [0.717, 1.165) is 0 Å². The Kier molecular flexibility index (Phi) is 2.52. The van der Waals surface area contributed by atoms with Crippen molar-refractivity contribution in [2.75, 3.05) is 0 Å². The molecule has 0 rings (SSSR count). The summed E-state index contributed by atoms with van der Waals surface area (Å²) in [5.74, 6) is -0.0579. The Hall–Kier alpha value is -0.440. The van der Waals surface area contributed by atoms with Crippen LogP contribution < -0.4 is 0 Å². The van der Waals surface area contributed by atoms with Gasteiger partial charge in [-0.3, -0.25) is 0 Å². The first kappa shape index (κ1) is 6.56. The van der Waals surface area contributed by atoms with Crippen molar-refractivity contribution in [2.45, 2.75) is 20.1 Å². The van der Waals surface area contributed by atoms with Crippen LogP contribution in [-0.4, -0.2) is 11.3 Å². The molecule has 1 atom stereocenters. The third-order valence-corrected chi connectivity index (χ3v) is 0.704. The Bertz CT molecular complexity index is 62.7. The summed E-state index contributed by atoms with van der Waals surface area (Å²) in [5, 5.41) is 10.8. The first-order valence-electron chi connectivity index (χ1n) is 2.19. The van der Waals surface area contributed by atoms with Crippen LogP contribution in [-0.2, 0) is 0 Å². The molecule has 0 aliphatic carbocycles. The smallest absolute Gasteiger partial charge is 0.189 e. The summed E-state index contributed by atoms with van der Waals surface area (Å²) in [4.78, 5) is 9.45. The molecule has 3 nitrogen and oxygen atoms in total. The van der Waals surface area contributed by atoms with Crippen LogP contribution in [0.1, 0.15) is 13.8 Å². The largest absolute Gasteiger partial charge is 0.369 e. The monoisotopic (exact) mass is 103 g/mol. The lowest BCUT2D eigenvalue weighted by molar-refractivity contribution is 0.133. The number of nitroso groups, excluding NO2 is 1. The zero-order valence-corrected chi connectivity index (χ0v) is 4.46. The Labute approximate surface area is 42.3 Å². The minimum Gasteiger partial charge on any atom is -0.369 e. The van der Waals surface area contributed by atoms with E-state index >= 15 is 0 Å². The van der Waals surface area contributed by atoms with E-state index in [9.17, 15) is 4.91 Å². The number of aliphatic hydroxyl groups excluding tert-OH is 1. The minimum atomic E-state index is -1.03. The highest BCUT2D eigenvalue weighted by atomic mass is 16.3. The van der Waals surface area contributed by atoms with Gasteiger partial charge in [0.15, 0.2) is 6.23 Å². The Morgan fingerprint density at radius 1 is 1.57 bits per heavy atom. The van der Waals surface area contributed by atoms with Crippen LogP contribution in [0.3, 0.4) is 0 Å². The molecule has 0 aliphatic rings. The Morgan fingerprint density at radius 2 is 2.00 bits per heavy atom. The van der Waals surface area contributed by atoms with Gasteiger partial charge in [0.1, 0.15) is 0 Å². The fraction of sp³-hybridized carbons (Fsp3) is 1.00. The minimum absolute atomic E-state index is 0.0579. The topological polar surface area (TPSA) is 49.7 Å².